The van der Waals surface area contributed by atoms with Crippen LogP contribution >= 0.6 is 0 Å². The smallest absolute Gasteiger partial charge is 0.266 e. The molecule has 1 heterocycles. The van der Waals surface area contributed by atoms with E-state index in [9.17, 15) is 9.59 Å². The van der Waals surface area contributed by atoms with Gasteiger partial charge < -0.3 is 4.90 Å². The van der Waals surface area contributed by atoms with Gasteiger partial charge in [-0.2, -0.15) is 10.4 Å². The van der Waals surface area contributed by atoms with Crippen molar-refractivity contribution in [1.29, 1.82) is 5.26 Å². The minimum absolute atomic E-state index is 0.0977. The Bertz CT molecular complexity index is 516. The lowest BCUT2D eigenvalue weighted by Crippen LogP contribution is -2.30. The Labute approximate surface area is 105 Å². The van der Waals surface area contributed by atoms with Crippen molar-refractivity contribution in [3.63, 3.8) is 0 Å². The van der Waals surface area contributed by atoms with Gasteiger partial charge in [0.15, 0.2) is 0 Å². The van der Waals surface area contributed by atoms with E-state index in [4.69, 9.17) is 5.26 Å². The molecule has 6 nitrogen and oxygen atoms in total. The summed E-state index contributed by atoms with van der Waals surface area (Å²) in [5, 5.41) is 12.4. The van der Waals surface area contributed by atoms with Crippen LogP contribution in [0.4, 0.5) is 0 Å². The lowest BCUT2D eigenvalue weighted by Gasteiger charge is -2.15. The van der Waals surface area contributed by atoms with E-state index in [0.717, 1.165) is 5.56 Å². The molecule has 1 aromatic heterocycles. The first-order valence-electron chi connectivity index (χ1n) is 5.69. The van der Waals surface area contributed by atoms with Crippen LogP contribution in [-0.4, -0.2) is 34.2 Å². The Morgan fingerprint density at radius 2 is 2.33 bits per heavy atom. The quantitative estimate of drug-likeness (QED) is 0.751. The van der Waals surface area contributed by atoms with Crippen molar-refractivity contribution >= 4 is 5.91 Å². The highest BCUT2D eigenvalue weighted by atomic mass is 16.2. The fraction of sp³-hybridized carbons (Fsp3) is 0.500. The van der Waals surface area contributed by atoms with Gasteiger partial charge in [0, 0.05) is 26.1 Å². The summed E-state index contributed by atoms with van der Waals surface area (Å²) in [7, 11) is 1.64. The Balaban J connectivity index is 2.52. The second kappa shape index (κ2) is 6.55. The van der Waals surface area contributed by atoms with Gasteiger partial charge in [0.05, 0.1) is 25.2 Å². The molecule has 0 bridgehead atoms. The second-order valence-corrected chi connectivity index (χ2v) is 4.07. The molecule has 0 unspecified atom stereocenters. The maximum atomic E-state index is 11.7. The van der Waals surface area contributed by atoms with Crippen LogP contribution in [0.5, 0.6) is 0 Å². The number of aryl methyl sites for hydroxylation is 2. The predicted molar refractivity (Wildman–Crippen MR) is 65.7 cm³/mol. The molecule has 1 amide bonds. The highest BCUT2D eigenvalue weighted by Gasteiger charge is 2.09. The molecule has 0 N–H and O–H groups in total. The molecule has 0 radical (unpaired) electrons. The minimum atomic E-state index is -0.206. The van der Waals surface area contributed by atoms with Crippen molar-refractivity contribution in [2.75, 3.05) is 13.6 Å². The number of carbonyl (C=O) groups is 1. The summed E-state index contributed by atoms with van der Waals surface area (Å²) in [6.45, 7) is 2.46. The molecule has 0 fully saturated rings. The van der Waals surface area contributed by atoms with E-state index in [1.165, 1.54) is 15.6 Å². The standard InChI is InChI=1S/C12H16N4O2/c1-10-8-12(18)16(14-9-10)7-4-11(17)15(2)6-3-5-13/h8-9H,3-4,6-7H2,1-2H3. The van der Waals surface area contributed by atoms with E-state index in [-0.39, 0.29) is 24.4 Å². The highest BCUT2D eigenvalue weighted by Crippen LogP contribution is 1.95. The van der Waals surface area contributed by atoms with Crippen LogP contribution in [0.25, 0.3) is 0 Å². The van der Waals surface area contributed by atoms with Gasteiger partial charge in [-0.3, -0.25) is 9.59 Å². The van der Waals surface area contributed by atoms with Gasteiger partial charge in [-0.1, -0.05) is 0 Å². The van der Waals surface area contributed by atoms with E-state index in [1.807, 2.05) is 6.07 Å². The summed E-state index contributed by atoms with van der Waals surface area (Å²) in [6, 6.07) is 3.46. The number of hydrogen-bond donors (Lipinski definition) is 0. The molecular weight excluding hydrogens is 232 g/mol. The zero-order chi connectivity index (χ0) is 13.5. The first kappa shape index (κ1) is 13.9. The fourth-order valence-electron chi connectivity index (χ4n) is 1.43. The predicted octanol–water partition coefficient (Wildman–Crippen LogP) is 0.314. The number of hydrogen-bond acceptors (Lipinski definition) is 4. The Morgan fingerprint density at radius 3 is 2.94 bits per heavy atom. The molecule has 0 spiro atoms. The summed E-state index contributed by atoms with van der Waals surface area (Å²) in [6.07, 6.45) is 2.11. The van der Waals surface area contributed by atoms with Crippen molar-refractivity contribution in [3.05, 3.63) is 28.2 Å². The fourth-order valence-corrected chi connectivity index (χ4v) is 1.43. The van der Waals surface area contributed by atoms with Gasteiger partial charge in [-0.15, -0.1) is 0 Å². The highest BCUT2D eigenvalue weighted by molar-refractivity contribution is 5.75. The normalized spacial score (nSPS) is 9.83. The number of amides is 1. The topological polar surface area (TPSA) is 79.0 Å². The van der Waals surface area contributed by atoms with Gasteiger partial charge in [-0.05, 0) is 12.5 Å². The van der Waals surface area contributed by atoms with Crippen LogP contribution in [0.2, 0.25) is 0 Å². The van der Waals surface area contributed by atoms with E-state index < -0.39 is 0 Å². The molecule has 18 heavy (non-hydrogen) atoms. The largest absolute Gasteiger partial charge is 0.345 e. The van der Waals surface area contributed by atoms with Crippen LogP contribution in [0, 0.1) is 18.3 Å². The van der Waals surface area contributed by atoms with Crippen LogP contribution in [0.1, 0.15) is 18.4 Å². The number of aromatic nitrogens is 2. The molecule has 0 atom stereocenters. The van der Waals surface area contributed by atoms with E-state index >= 15 is 0 Å². The van der Waals surface area contributed by atoms with Gasteiger partial charge in [0.25, 0.3) is 5.56 Å². The summed E-state index contributed by atoms with van der Waals surface area (Å²) in [5.74, 6) is -0.0977. The maximum Gasteiger partial charge on any atom is 0.266 e. The van der Waals surface area contributed by atoms with Crippen molar-refractivity contribution in [2.24, 2.45) is 0 Å². The van der Waals surface area contributed by atoms with E-state index in [1.54, 1.807) is 20.2 Å². The van der Waals surface area contributed by atoms with Crippen molar-refractivity contribution < 1.29 is 4.79 Å². The average molecular weight is 248 g/mol. The monoisotopic (exact) mass is 248 g/mol. The molecule has 1 rings (SSSR count). The van der Waals surface area contributed by atoms with Crippen molar-refractivity contribution in [2.45, 2.75) is 26.3 Å². The van der Waals surface area contributed by atoms with Crippen LogP contribution < -0.4 is 5.56 Å². The Hall–Kier alpha value is -2.16. The molecule has 0 aliphatic rings. The zero-order valence-corrected chi connectivity index (χ0v) is 10.6. The lowest BCUT2D eigenvalue weighted by molar-refractivity contribution is -0.130. The van der Waals surface area contributed by atoms with Crippen LogP contribution in [0.3, 0.4) is 0 Å². The molecule has 6 heteroatoms. The van der Waals surface area contributed by atoms with Gasteiger partial charge in [0.2, 0.25) is 5.91 Å². The van der Waals surface area contributed by atoms with Crippen LogP contribution in [0.15, 0.2) is 17.1 Å². The molecule has 0 aliphatic heterocycles. The Kier molecular flexibility index (Phi) is 5.06. The molecule has 0 saturated heterocycles. The first-order valence-corrected chi connectivity index (χ1v) is 5.69. The minimum Gasteiger partial charge on any atom is -0.345 e. The molecule has 96 valence electrons. The molecular formula is C12H16N4O2. The molecule has 1 aromatic rings. The van der Waals surface area contributed by atoms with Gasteiger partial charge >= 0.3 is 0 Å². The second-order valence-electron chi connectivity index (χ2n) is 4.07. The Morgan fingerprint density at radius 1 is 1.61 bits per heavy atom. The van der Waals surface area contributed by atoms with Crippen molar-refractivity contribution in [3.8, 4) is 6.07 Å². The van der Waals surface area contributed by atoms with Crippen LogP contribution in [-0.2, 0) is 11.3 Å². The number of nitriles is 1. The summed E-state index contributed by atoms with van der Waals surface area (Å²) < 4.78 is 1.27. The summed E-state index contributed by atoms with van der Waals surface area (Å²) >= 11 is 0. The average Bonchev–Trinajstić information content (AvgIpc) is 2.34. The number of rotatable bonds is 5. The third-order valence-corrected chi connectivity index (χ3v) is 2.53. The van der Waals surface area contributed by atoms with E-state index in [0.29, 0.717) is 13.0 Å². The summed E-state index contributed by atoms with van der Waals surface area (Å²) in [4.78, 5) is 24.7. The summed E-state index contributed by atoms with van der Waals surface area (Å²) in [5.41, 5.74) is 0.594. The third-order valence-electron chi connectivity index (χ3n) is 2.53. The number of nitrogens with zero attached hydrogens (tertiary/aromatic N) is 4. The first-order chi connectivity index (χ1) is 8.54. The zero-order valence-electron chi connectivity index (χ0n) is 10.6. The lowest BCUT2D eigenvalue weighted by atomic mass is 10.3. The maximum absolute atomic E-state index is 11.7. The van der Waals surface area contributed by atoms with E-state index in [2.05, 4.69) is 5.10 Å². The number of carbonyl (C=O) groups excluding carboxylic acids is 1. The van der Waals surface area contributed by atoms with Gasteiger partial charge in [0.1, 0.15) is 0 Å². The van der Waals surface area contributed by atoms with Crippen molar-refractivity contribution in [1.82, 2.24) is 14.7 Å². The molecule has 0 aromatic carbocycles. The molecule has 0 saturated carbocycles. The molecule has 0 aliphatic carbocycles. The SMILES string of the molecule is Cc1cnn(CCC(=O)N(C)CCC#N)c(=O)c1. The third kappa shape index (κ3) is 4.01. The van der Waals surface area contributed by atoms with Gasteiger partial charge in [-0.25, -0.2) is 4.68 Å².